The molecule has 3 rings (SSSR count). The highest BCUT2D eigenvalue weighted by Gasteiger charge is 2.49. The Bertz CT molecular complexity index is 746. The Kier molecular flexibility index (Phi) is 4.09. The van der Waals surface area contributed by atoms with Gasteiger partial charge in [-0.3, -0.25) is 9.59 Å². The number of carbonyl (C=O) groups excluding carboxylic acids is 1. The van der Waals surface area contributed by atoms with Gasteiger partial charge >= 0.3 is 5.97 Å². The van der Waals surface area contributed by atoms with Crippen molar-refractivity contribution in [1.29, 1.82) is 0 Å². The summed E-state index contributed by atoms with van der Waals surface area (Å²) in [6, 6.07) is 7.37. The van der Waals surface area contributed by atoms with Gasteiger partial charge in [-0.25, -0.2) is 0 Å². The average Bonchev–Trinajstić information content (AvgIpc) is 3.22. The number of amides is 1. The Labute approximate surface area is 134 Å². The number of aromatic nitrogens is 1. The number of rotatable bonds is 7. The van der Waals surface area contributed by atoms with Gasteiger partial charge in [0.15, 0.2) is 0 Å². The van der Waals surface area contributed by atoms with E-state index in [4.69, 9.17) is 9.84 Å². The number of hydrogen-bond donors (Lipinski definition) is 2. The van der Waals surface area contributed by atoms with Gasteiger partial charge in [0.05, 0.1) is 5.41 Å². The SMILES string of the molecule is COCCC1(C(=O)Nc2ccc3c(ccn3CC(=O)O)c2)CC1. The molecule has 23 heavy (non-hydrogen) atoms. The van der Waals surface area contributed by atoms with Gasteiger partial charge in [0.25, 0.3) is 0 Å². The standard InChI is InChI=1S/C17H20N2O4/c1-23-9-7-17(5-6-17)16(22)18-13-2-3-14-12(10-13)4-8-19(14)11-15(20)21/h2-4,8,10H,5-7,9,11H2,1H3,(H,18,22)(H,20,21). The fourth-order valence-electron chi connectivity index (χ4n) is 2.86. The van der Waals surface area contributed by atoms with Crippen molar-refractivity contribution in [2.24, 2.45) is 5.41 Å². The van der Waals surface area contributed by atoms with E-state index in [1.54, 1.807) is 17.9 Å². The minimum atomic E-state index is -0.881. The first-order valence-electron chi connectivity index (χ1n) is 7.65. The highest BCUT2D eigenvalue weighted by molar-refractivity contribution is 5.98. The fourth-order valence-corrected chi connectivity index (χ4v) is 2.86. The Morgan fingerprint density at radius 1 is 1.35 bits per heavy atom. The molecule has 0 spiro atoms. The van der Waals surface area contributed by atoms with Crippen molar-refractivity contribution in [1.82, 2.24) is 4.57 Å². The van der Waals surface area contributed by atoms with Crippen LogP contribution in [0.5, 0.6) is 0 Å². The second-order valence-electron chi connectivity index (χ2n) is 6.09. The Balaban J connectivity index is 1.74. The van der Waals surface area contributed by atoms with Crippen molar-refractivity contribution in [3.05, 3.63) is 30.5 Å². The minimum absolute atomic E-state index is 0.0406. The molecular formula is C17H20N2O4. The molecule has 0 bridgehead atoms. The number of nitrogens with zero attached hydrogens (tertiary/aromatic N) is 1. The molecular weight excluding hydrogens is 296 g/mol. The zero-order chi connectivity index (χ0) is 16.4. The van der Waals surface area contributed by atoms with Gasteiger partial charge in [-0.1, -0.05) is 0 Å². The summed E-state index contributed by atoms with van der Waals surface area (Å²) < 4.78 is 6.75. The highest BCUT2D eigenvalue weighted by atomic mass is 16.5. The van der Waals surface area contributed by atoms with Crippen molar-refractivity contribution in [3.8, 4) is 0 Å². The van der Waals surface area contributed by atoms with Gasteiger partial charge in [0, 0.05) is 36.5 Å². The molecule has 2 N–H and O–H groups in total. The summed E-state index contributed by atoms with van der Waals surface area (Å²) in [5, 5.41) is 12.8. The number of hydrogen-bond acceptors (Lipinski definition) is 3. The van der Waals surface area contributed by atoms with E-state index >= 15 is 0 Å². The molecule has 6 nitrogen and oxygen atoms in total. The van der Waals surface area contributed by atoms with Gasteiger partial charge in [-0.05, 0) is 43.5 Å². The highest BCUT2D eigenvalue weighted by Crippen LogP contribution is 2.49. The lowest BCUT2D eigenvalue weighted by atomic mass is 10.0. The maximum atomic E-state index is 12.4. The third-order valence-electron chi connectivity index (χ3n) is 4.45. The van der Waals surface area contributed by atoms with E-state index in [0.29, 0.717) is 6.61 Å². The number of aliphatic carboxylic acids is 1. The summed E-state index contributed by atoms with van der Waals surface area (Å²) in [5.74, 6) is -0.840. The van der Waals surface area contributed by atoms with E-state index in [1.807, 2.05) is 24.3 Å². The van der Waals surface area contributed by atoms with Crippen LogP contribution in [0, 0.1) is 5.41 Å². The first-order chi connectivity index (χ1) is 11.0. The zero-order valence-electron chi connectivity index (χ0n) is 13.0. The number of nitrogens with one attached hydrogen (secondary N) is 1. The van der Waals surface area contributed by atoms with Crippen LogP contribution in [-0.4, -0.2) is 35.3 Å². The molecule has 2 aromatic rings. The molecule has 0 aliphatic heterocycles. The van der Waals surface area contributed by atoms with Crippen molar-refractivity contribution >= 4 is 28.5 Å². The van der Waals surface area contributed by atoms with E-state index < -0.39 is 5.97 Å². The number of carbonyl (C=O) groups is 2. The molecule has 1 heterocycles. The van der Waals surface area contributed by atoms with E-state index in [2.05, 4.69) is 5.32 Å². The van der Waals surface area contributed by atoms with Crippen molar-refractivity contribution in [2.75, 3.05) is 19.0 Å². The molecule has 0 saturated heterocycles. The number of carboxylic acids is 1. The van der Waals surface area contributed by atoms with Crippen LogP contribution in [0.2, 0.25) is 0 Å². The van der Waals surface area contributed by atoms with Gasteiger partial charge < -0.3 is 19.7 Å². The predicted octanol–water partition coefficient (Wildman–Crippen LogP) is 2.48. The van der Waals surface area contributed by atoms with Gasteiger partial charge in [-0.2, -0.15) is 0 Å². The third-order valence-corrected chi connectivity index (χ3v) is 4.45. The van der Waals surface area contributed by atoms with Crippen LogP contribution < -0.4 is 5.32 Å². The molecule has 0 radical (unpaired) electrons. The number of carboxylic acid groups (broad SMARTS) is 1. The van der Waals surface area contributed by atoms with E-state index in [0.717, 1.165) is 35.9 Å². The van der Waals surface area contributed by atoms with Crippen LogP contribution in [-0.2, 0) is 20.9 Å². The monoisotopic (exact) mass is 316 g/mol. The van der Waals surface area contributed by atoms with Gasteiger partial charge in [0.1, 0.15) is 6.54 Å². The van der Waals surface area contributed by atoms with Crippen molar-refractivity contribution in [3.63, 3.8) is 0 Å². The van der Waals surface area contributed by atoms with Crippen LogP contribution in [0.15, 0.2) is 30.5 Å². The van der Waals surface area contributed by atoms with Crippen LogP contribution in [0.1, 0.15) is 19.3 Å². The maximum Gasteiger partial charge on any atom is 0.323 e. The smallest absolute Gasteiger partial charge is 0.323 e. The van der Waals surface area contributed by atoms with Crippen LogP contribution in [0.25, 0.3) is 10.9 Å². The molecule has 122 valence electrons. The average molecular weight is 316 g/mol. The van der Waals surface area contributed by atoms with E-state index in [-0.39, 0.29) is 17.9 Å². The molecule has 1 fully saturated rings. The molecule has 1 aliphatic carbocycles. The van der Waals surface area contributed by atoms with Gasteiger partial charge in [-0.15, -0.1) is 0 Å². The molecule has 1 aliphatic rings. The summed E-state index contributed by atoms with van der Waals surface area (Å²) in [6.45, 7) is 0.514. The Morgan fingerprint density at radius 2 is 2.13 bits per heavy atom. The molecule has 1 aromatic heterocycles. The molecule has 1 aromatic carbocycles. The molecule has 0 atom stereocenters. The third kappa shape index (κ3) is 3.22. The second-order valence-corrected chi connectivity index (χ2v) is 6.09. The quantitative estimate of drug-likeness (QED) is 0.822. The summed E-state index contributed by atoms with van der Waals surface area (Å²) in [5.41, 5.74) is 1.30. The lowest BCUT2D eigenvalue weighted by Gasteiger charge is -2.15. The lowest BCUT2D eigenvalue weighted by Crippen LogP contribution is -2.25. The Hall–Kier alpha value is -2.34. The molecule has 1 amide bonds. The minimum Gasteiger partial charge on any atom is -0.480 e. The van der Waals surface area contributed by atoms with Crippen molar-refractivity contribution in [2.45, 2.75) is 25.8 Å². The van der Waals surface area contributed by atoms with E-state index in [9.17, 15) is 9.59 Å². The molecule has 0 unspecified atom stereocenters. The summed E-state index contributed by atoms with van der Waals surface area (Å²) in [6.07, 6.45) is 4.29. The number of benzene rings is 1. The van der Waals surface area contributed by atoms with Gasteiger partial charge in [0.2, 0.25) is 5.91 Å². The number of fused-ring (bicyclic) bond motifs is 1. The summed E-state index contributed by atoms with van der Waals surface area (Å²) in [4.78, 5) is 23.3. The number of methoxy groups -OCH3 is 1. The zero-order valence-corrected chi connectivity index (χ0v) is 13.0. The van der Waals surface area contributed by atoms with Crippen LogP contribution in [0.4, 0.5) is 5.69 Å². The number of anilines is 1. The second kappa shape index (κ2) is 6.04. The van der Waals surface area contributed by atoms with Crippen LogP contribution >= 0.6 is 0 Å². The first-order valence-corrected chi connectivity index (χ1v) is 7.65. The summed E-state index contributed by atoms with van der Waals surface area (Å²) >= 11 is 0. The molecule has 6 heteroatoms. The normalized spacial score (nSPS) is 15.5. The maximum absolute atomic E-state index is 12.4. The van der Waals surface area contributed by atoms with Crippen molar-refractivity contribution < 1.29 is 19.4 Å². The fraction of sp³-hybridized carbons (Fsp3) is 0.412. The Morgan fingerprint density at radius 3 is 2.78 bits per heavy atom. The lowest BCUT2D eigenvalue weighted by molar-refractivity contribution is -0.137. The topological polar surface area (TPSA) is 80.6 Å². The first kappa shape index (κ1) is 15.6. The van der Waals surface area contributed by atoms with E-state index in [1.165, 1.54) is 0 Å². The number of ether oxygens (including phenoxy) is 1. The molecule has 1 saturated carbocycles. The van der Waals surface area contributed by atoms with Crippen LogP contribution in [0.3, 0.4) is 0 Å². The predicted molar refractivity (Wildman–Crippen MR) is 86.4 cm³/mol. The summed E-state index contributed by atoms with van der Waals surface area (Å²) in [7, 11) is 1.64. The largest absolute Gasteiger partial charge is 0.480 e.